The zero-order chi connectivity index (χ0) is 15.4. The van der Waals surface area contributed by atoms with E-state index in [2.05, 4.69) is 0 Å². The molecule has 0 aromatic carbocycles. The molecule has 0 radical (unpaired) electrons. The first-order valence-corrected chi connectivity index (χ1v) is 6.90. The zero-order valence-corrected chi connectivity index (χ0v) is 12.8. The third-order valence-electron chi connectivity index (χ3n) is 3.42. The number of ether oxygens (including phenoxy) is 1. The number of hydrogen-bond acceptors (Lipinski definition) is 3. The number of hydrogen-bond donors (Lipinski definition) is 1. The van der Waals surface area contributed by atoms with Crippen molar-refractivity contribution in [3.63, 3.8) is 0 Å². The van der Waals surface area contributed by atoms with Crippen LogP contribution < -0.4 is 0 Å². The van der Waals surface area contributed by atoms with Crippen LogP contribution in [0.4, 0.5) is 0 Å². The van der Waals surface area contributed by atoms with Gasteiger partial charge in [-0.1, -0.05) is 0 Å². The minimum atomic E-state index is -0.834. The lowest BCUT2D eigenvalue weighted by atomic mass is 10.1. The summed E-state index contributed by atoms with van der Waals surface area (Å²) in [6.45, 7) is 9.87. The molecule has 5 nitrogen and oxygen atoms in total. The van der Waals surface area contributed by atoms with Gasteiger partial charge in [-0.2, -0.15) is 0 Å². The number of carboxylic acid groups (broad SMARTS) is 1. The summed E-state index contributed by atoms with van der Waals surface area (Å²) in [5.41, 5.74) is 3.25. The van der Waals surface area contributed by atoms with Gasteiger partial charge in [-0.15, -0.1) is 0 Å². The Morgan fingerprint density at radius 3 is 2.35 bits per heavy atom. The topological polar surface area (TPSA) is 68.5 Å². The van der Waals surface area contributed by atoms with Crippen molar-refractivity contribution in [3.8, 4) is 0 Å². The highest BCUT2D eigenvalue weighted by Crippen LogP contribution is 2.27. The molecule has 0 aliphatic carbocycles. The number of carboxylic acids is 1. The van der Waals surface area contributed by atoms with Gasteiger partial charge in [0.1, 0.15) is 5.69 Å². The highest BCUT2D eigenvalue weighted by atomic mass is 16.5. The quantitative estimate of drug-likeness (QED) is 0.814. The van der Waals surface area contributed by atoms with Crippen molar-refractivity contribution in [2.75, 3.05) is 6.61 Å². The number of carbonyl (C=O) groups excluding carboxylic acids is 1. The predicted octanol–water partition coefficient (Wildman–Crippen LogP) is 2.88. The molecule has 0 aliphatic heterocycles. The molecular weight excluding hydrogens is 258 g/mol. The van der Waals surface area contributed by atoms with Crippen molar-refractivity contribution in [1.29, 1.82) is 0 Å². The van der Waals surface area contributed by atoms with Gasteiger partial charge < -0.3 is 14.4 Å². The second-order valence-electron chi connectivity index (χ2n) is 5.12. The van der Waals surface area contributed by atoms with Crippen molar-refractivity contribution in [2.24, 2.45) is 0 Å². The average Bonchev–Trinajstić information content (AvgIpc) is 2.59. The van der Waals surface area contributed by atoms with Crippen molar-refractivity contribution >= 4 is 11.9 Å². The van der Waals surface area contributed by atoms with E-state index in [1.165, 1.54) is 0 Å². The van der Waals surface area contributed by atoms with Gasteiger partial charge in [0, 0.05) is 18.2 Å². The Morgan fingerprint density at radius 1 is 1.30 bits per heavy atom. The predicted molar refractivity (Wildman–Crippen MR) is 76.2 cm³/mol. The Balaban J connectivity index is 3.31. The first kappa shape index (κ1) is 16.3. The highest BCUT2D eigenvalue weighted by molar-refractivity contribution is 5.90. The summed E-state index contributed by atoms with van der Waals surface area (Å²) in [5.74, 6) is -1.18. The molecule has 0 aliphatic rings. The standard InChI is InChI=1S/C15H23NO4/c1-6-20-15(19)14-10(4)12(7-8-13(17)18)11(5)16(14)9(2)3/h9H,6-8H2,1-5H3,(H,17,18). The van der Waals surface area contributed by atoms with Crippen molar-refractivity contribution in [1.82, 2.24) is 4.57 Å². The van der Waals surface area contributed by atoms with E-state index in [0.29, 0.717) is 18.7 Å². The molecule has 0 saturated carbocycles. The lowest BCUT2D eigenvalue weighted by Crippen LogP contribution is -2.15. The number of aliphatic carboxylic acids is 1. The number of aromatic nitrogens is 1. The van der Waals surface area contributed by atoms with Crippen LogP contribution in [0.1, 0.15) is 60.5 Å². The van der Waals surface area contributed by atoms with Crippen LogP contribution in [0.5, 0.6) is 0 Å². The molecule has 5 heteroatoms. The van der Waals surface area contributed by atoms with Crippen LogP contribution in [0.2, 0.25) is 0 Å². The van der Waals surface area contributed by atoms with Gasteiger partial charge in [-0.25, -0.2) is 4.79 Å². The summed E-state index contributed by atoms with van der Waals surface area (Å²) in [4.78, 5) is 22.9. The largest absolute Gasteiger partial charge is 0.481 e. The maximum Gasteiger partial charge on any atom is 0.355 e. The smallest absolute Gasteiger partial charge is 0.355 e. The van der Waals surface area contributed by atoms with Crippen molar-refractivity contribution in [2.45, 2.75) is 53.5 Å². The van der Waals surface area contributed by atoms with Crippen LogP contribution in [0, 0.1) is 13.8 Å². The van der Waals surface area contributed by atoms with Crippen molar-refractivity contribution in [3.05, 3.63) is 22.5 Å². The molecule has 1 heterocycles. The van der Waals surface area contributed by atoms with E-state index in [1.807, 2.05) is 32.3 Å². The van der Waals surface area contributed by atoms with Crippen molar-refractivity contribution < 1.29 is 19.4 Å². The average molecular weight is 281 g/mol. The fourth-order valence-corrected chi connectivity index (χ4v) is 2.60. The van der Waals surface area contributed by atoms with E-state index in [1.54, 1.807) is 6.92 Å². The number of rotatable bonds is 6. The Morgan fingerprint density at radius 2 is 1.90 bits per heavy atom. The van der Waals surface area contributed by atoms with E-state index >= 15 is 0 Å². The van der Waals surface area contributed by atoms with Gasteiger partial charge in [-0.05, 0) is 52.2 Å². The highest BCUT2D eigenvalue weighted by Gasteiger charge is 2.24. The fraction of sp³-hybridized carbons (Fsp3) is 0.600. The van der Waals surface area contributed by atoms with Crippen LogP contribution in [0.3, 0.4) is 0 Å². The van der Waals surface area contributed by atoms with Crippen LogP contribution in [0.15, 0.2) is 0 Å². The summed E-state index contributed by atoms with van der Waals surface area (Å²) < 4.78 is 7.05. The van der Waals surface area contributed by atoms with Gasteiger partial charge in [0.15, 0.2) is 0 Å². The molecule has 0 atom stereocenters. The Kier molecular flexibility index (Phi) is 5.36. The molecule has 1 aromatic rings. The third kappa shape index (κ3) is 3.21. The lowest BCUT2D eigenvalue weighted by molar-refractivity contribution is -0.136. The van der Waals surface area contributed by atoms with E-state index < -0.39 is 5.97 Å². The molecule has 0 bridgehead atoms. The summed E-state index contributed by atoms with van der Waals surface area (Å²) >= 11 is 0. The van der Waals surface area contributed by atoms with Crippen LogP contribution in [0.25, 0.3) is 0 Å². The SMILES string of the molecule is CCOC(=O)c1c(C)c(CCC(=O)O)c(C)n1C(C)C. The number of nitrogens with zero attached hydrogens (tertiary/aromatic N) is 1. The van der Waals surface area contributed by atoms with E-state index in [4.69, 9.17) is 9.84 Å². The third-order valence-corrected chi connectivity index (χ3v) is 3.42. The normalized spacial score (nSPS) is 10.9. The molecular formula is C15H23NO4. The molecule has 20 heavy (non-hydrogen) atoms. The number of esters is 1. The van der Waals surface area contributed by atoms with Gasteiger partial charge in [0.25, 0.3) is 0 Å². The minimum absolute atomic E-state index is 0.0616. The number of carbonyl (C=O) groups is 2. The maximum absolute atomic E-state index is 12.1. The summed E-state index contributed by atoms with van der Waals surface area (Å²) in [6.07, 6.45) is 0.491. The fourth-order valence-electron chi connectivity index (χ4n) is 2.60. The molecule has 112 valence electrons. The lowest BCUT2D eigenvalue weighted by Gasteiger charge is -2.15. The maximum atomic E-state index is 12.1. The second kappa shape index (κ2) is 6.59. The summed E-state index contributed by atoms with van der Waals surface area (Å²) in [6, 6.07) is 0.117. The molecule has 0 spiro atoms. The van der Waals surface area contributed by atoms with Gasteiger partial charge >= 0.3 is 11.9 Å². The van der Waals surface area contributed by atoms with E-state index in [-0.39, 0.29) is 18.4 Å². The monoisotopic (exact) mass is 281 g/mol. The van der Waals surface area contributed by atoms with E-state index in [9.17, 15) is 9.59 Å². The minimum Gasteiger partial charge on any atom is -0.481 e. The molecule has 1 aromatic heterocycles. The Labute approximate surface area is 119 Å². The summed E-state index contributed by atoms with van der Waals surface area (Å²) in [7, 11) is 0. The second-order valence-corrected chi connectivity index (χ2v) is 5.12. The molecule has 0 amide bonds. The molecule has 0 saturated heterocycles. The zero-order valence-electron chi connectivity index (χ0n) is 12.8. The first-order chi connectivity index (χ1) is 9.31. The summed E-state index contributed by atoms with van der Waals surface area (Å²) in [5, 5.41) is 8.84. The van der Waals surface area contributed by atoms with Crippen LogP contribution in [-0.2, 0) is 16.0 Å². The van der Waals surface area contributed by atoms with Crippen LogP contribution in [-0.4, -0.2) is 28.2 Å². The molecule has 0 unspecified atom stereocenters. The first-order valence-electron chi connectivity index (χ1n) is 6.90. The Hall–Kier alpha value is -1.78. The molecule has 1 rings (SSSR count). The van der Waals surface area contributed by atoms with Gasteiger partial charge in [-0.3, -0.25) is 4.79 Å². The molecule has 0 fully saturated rings. The van der Waals surface area contributed by atoms with Crippen LogP contribution >= 0.6 is 0 Å². The van der Waals surface area contributed by atoms with E-state index in [0.717, 1.165) is 16.8 Å². The molecule has 1 N–H and O–H groups in total. The van der Waals surface area contributed by atoms with Gasteiger partial charge in [0.2, 0.25) is 0 Å². The van der Waals surface area contributed by atoms with Gasteiger partial charge in [0.05, 0.1) is 6.61 Å². The Bertz CT molecular complexity index is 514.